The number of esters is 1. The Morgan fingerprint density at radius 1 is 1.23 bits per heavy atom. The van der Waals surface area contributed by atoms with E-state index in [1.54, 1.807) is 30.3 Å². The molecule has 0 fully saturated rings. The number of halogens is 1. The molecule has 0 spiro atoms. The molecular weight excluding hydrogens is 328 g/mol. The van der Waals surface area contributed by atoms with Gasteiger partial charge >= 0.3 is 5.97 Å². The van der Waals surface area contributed by atoms with Crippen molar-refractivity contribution in [3.63, 3.8) is 0 Å². The van der Waals surface area contributed by atoms with Crippen molar-refractivity contribution in [1.82, 2.24) is 8.61 Å². The molecule has 0 saturated carbocycles. The number of likely N-dealkylation sites (N-methyl/N-ethyl adjacent to an activating group) is 1. The van der Waals surface area contributed by atoms with Gasteiger partial charge in [0.2, 0.25) is 0 Å². The Morgan fingerprint density at radius 2 is 1.82 bits per heavy atom. The zero-order valence-corrected chi connectivity index (χ0v) is 14.3. The van der Waals surface area contributed by atoms with Gasteiger partial charge in [-0.05, 0) is 23.8 Å². The lowest BCUT2D eigenvalue weighted by Gasteiger charge is -2.20. The average Bonchev–Trinajstić information content (AvgIpc) is 2.46. The highest BCUT2D eigenvalue weighted by Crippen LogP contribution is 2.10. The maximum Gasteiger partial charge on any atom is 0.330 e. The second kappa shape index (κ2) is 8.28. The van der Waals surface area contributed by atoms with Crippen molar-refractivity contribution < 1.29 is 17.9 Å². The van der Waals surface area contributed by atoms with Gasteiger partial charge in [0.15, 0.2) is 0 Å². The van der Waals surface area contributed by atoms with Gasteiger partial charge in [0.05, 0.1) is 0 Å². The molecule has 0 radical (unpaired) electrons. The molecule has 22 heavy (non-hydrogen) atoms. The molecule has 1 aromatic rings. The summed E-state index contributed by atoms with van der Waals surface area (Å²) in [6.07, 6.45) is 2.88. The molecule has 0 aliphatic rings. The van der Waals surface area contributed by atoms with Crippen LogP contribution >= 0.6 is 11.6 Å². The second-order valence-corrected chi connectivity index (χ2v) is 7.35. The van der Waals surface area contributed by atoms with Crippen LogP contribution in [-0.2, 0) is 19.7 Å². The van der Waals surface area contributed by atoms with Crippen molar-refractivity contribution in [2.75, 3.05) is 34.3 Å². The Morgan fingerprint density at radius 3 is 2.36 bits per heavy atom. The molecule has 0 aliphatic heterocycles. The van der Waals surface area contributed by atoms with Crippen LogP contribution in [0, 0.1) is 0 Å². The van der Waals surface area contributed by atoms with Gasteiger partial charge in [-0.15, -0.1) is 0 Å². The minimum atomic E-state index is -3.49. The van der Waals surface area contributed by atoms with E-state index in [9.17, 15) is 13.2 Å². The fourth-order valence-corrected chi connectivity index (χ4v) is 2.44. The molecule has 1 rings (SSSR count). The summed E-state index contributed by atoms with van der Waals surface area (Å²) in [5, 5.41) is 0.616. The van der Waals surface area contributed by atoms with E-state index < -0.39 is 16.2 Å². The minimum Gasteiger partial charge on any atom is -0.461 e. The van der Waals surface area contributed by atoms with Gasteiger partial charge in [-0.25, -0.2) is 4.79 Å². The van der Waals surface area contributed by atoms with Gasteiger partial charge in [-0.2, -0.15) is 17.0 Å². The van der Waals surface area contributed by atoms with Crippen molar-refractivity contribution in [3.8, 4) is 0 Å². The Labute approximate surface area is 136 Å². The molecule has 8 heteroatoms. The van der Waals surface area contributed by atoms with Crippen molar-refractivity contribution >= 4 is 33.9 Å². The molecule has 0 bridgehead atoms. The van der Waals surface area contributed by atoms with E-state index in [4.69, 9.17) is 16.3 Å². The lowest BCUT2D eigenvalue weighted by molar-refractivity contribution is -0.137. The molecule has 0 atom stereocenters. The summed E-state index contributed by atoms with van der Waals surface area (Å²) >= 11 is 5.76. The van der Waals surface area contributed by atoms with Crippen LogP contribution in [-0.4, -0.2) is 57.3 Å². The third kappa shape index (κ3) is 5.76. The Balaban J connectivity index is 2.42. The summed E-state index contributed by atoms with van der Waals surface area (Å²) < 4.78 is 30.6. The Kier molecular flexibility index (Phi) is 7.02. The fraction of sp³-hybridized carbons (Fsp3) is 0.357. The third-order valence-corrected chi connectivity index (χ3v) is 4.93. The van der Waals surface area contributed by atoms with Gasteiger partial charge in [0.1, 0.15) is 6.61 Å². The number of nitrogens with zero attached hydrogens (tertiary/aromatic N) is 2. The number of ether oxygens (including phenoxy) is 1. The highest BCUT2D eigenvalue weighted by molar-refractivity contribution is 7.86. The molecule has 0 heterocycles. The average molecular weight is 347 g/mol. The first-order valence-electron chi connectivity index (χ1n) is 6.47. The van der Waals surface area contributed by atoms with E-state index in [1.807, 2.05) is 0 Å². The topological polar surface area (TPSA) is 66.9 Å². The summed E-state index contributed by atoms with van der Waals surface area (Å²) in [7, 11) is 0.808. The highest BCUT2D eigenvalue weighted by Gasteiger charge is 2.19. The van der Waals surface area contributed by atoms with Crippen molar-refractivity contribution in [2.45, 2.75) is 0 Å². The minimum absolute atomic E-state index is 0.0205. The standard InChI is InChI=1S/C14H19ClN2O4S/c1-16(2)22(19,20)17(3)10-11-21-14(18)9-6-12-4-7-13(15)8-5-12/h4-9H,10-11H2,1-3H3. The zero-order chi connectivity index (χ0) is 16.8. The smallest absolute Gasteiger partial charge is 0.330 e. The zero-order valence-electron chi connectivity index (χ0n) is 12.7. The van der Waals surface area contributed by atoms with Crippen LogP contribution in [0.1, 0.15) is 5.56 Å². The van der Waals surface area contributed by atoms with Crippen LogP contribution in [0.5, 0.6) is 0 Å². The second-order valence-electron chi connectivity index (χ2n) is 4.66. The quantitative estimate of drug-likeness (QED) is 0.556. The lowest BCUT2D eigenvalue weighted by atomic mass is 10.2. The molecule has 0 amide bonds. The number of carbonyl (C=O) groups is 1. The van der Waals surface area contributed by atoms with Gasteiger partial charge in [-0.3, -0.25) is 0 Å². The summed E-state index contributed by atoms with van der Waals surface area (Å²) in [6.45, 7) is 0.0639. The normalized spacial score (nSPS) is 12.3. The number of benzene rings is 1. The van der Waals surface area contributed by atoms with E-state index in [-0.39, 0.29) is 13.2 Å². The molecule has 0 unspecified atom stereocenters. The van der Waals surface area contributed by atoms with Crippen molar-refractivity contribution in [2.24, 2.45) is 0 Å². The van der Waals surface area contributed by atoms with Gasteiger partial charge in [0, 0.05) is 38.8 Å². The van der Waals surface area contributed by atoms with Gasteiger partial charge in [0.25, 0.3) is 10.2 Å². The van der Waals surface area contributed by atoms with E-state index in [0.717, 1.165) is 14.2 Å². The highest BCUT2D eigenvalue weighted by atomic mass is 35.5. The first kappa shape index (κ1) is 18.6. The van der Waals surface area contributed by atoms with Crippen LogP contribution in [0.15, 0.2) is 30.3 Å². The Bertz CT molecular complexity index is 627. The van der Waals surface area contributed by atoms with Gasteiger partial charge < -0.3 is 4.74 Å². The summed E-state index contributed by atoms with van der Waals surface area (Å²) in [5.41, 5.74) is 0.814. The lowest BCUT2D eigenvalue weighted by Crippen LogP contribution is -2.39. The first-order valence-corrected chi connectivity index (χ1v) is 8.25. The Hall–Kier alpha value is -1.41. The number of rotatable bonds is 7. The number of hydrogen-bond acceptors (Lipinski definition) is 4. The van der Waals surface area contributed by atoms with E-state index in [2.05, 4.69) is 0 Å². The van der Waals surface area contributed by atoms with Crippen molar-refractivity contribution in [3.05, 3.63) is 40.9 Å². The van der Waals surface area contributed by atoms with Crippen molar-refractivity contribution in [1.29, 1.82) is 0 Å². The molecule has 6 nitrogen and oxygen atoms in total. The number of carbonyl (C=O) groups excluding carboxylic acids is 1. The third-order valence-electron chi connectivity index (χ3n) is 2.79. The summed E-state index contributed by atoms with van der Waals surface area (Å²) in [5.74, 6) is -0.536. The van der Waals surface area contributed by atoms with Crippen LogP contribution in [0.4, 0.5) is 0 Å². The summed E-state index contributed by atoms with van der Waals surface area (Å²) in [6, 6.07) is 6.97. The maximum atomic E-state index is 11.7. The van der Waals surface area contributed by atoms with Crippen LogP contribution < -0.4 is 0 Å². The number of hydrogen-bond donors (Lipinski definition) is 0. The molecule has 1 aromatic carbocycles. The van der Waals surface area contributed by atoms with Crippen LogP contribution in [0.2, 0.25) is 5.02 Å². The molecule has 0 N–H and O–H groups in total. The fourth-order valence-electron chi connectivity index (χ4n) is 1.46. The maximum absolute atomic E-state index is 11.7. The first-order chi connectivity index (χ1) is 10.2. The van der Waals surface area contributed by atoms with E-state index >= 15 is 0 Å². The molecular formula is C14H19ClN2O4S. The molecule has 0 saturated heterocycles. The largest absolute Gasteiger partial charge is 0.461 e. The van der Waals surface area contributed by atoms with Crippen LogP contribution in [0.25, 0.3) is 6.08 Å². The molecule has 122 valence electrons. The predicted molar refractivity (Wildman–Crippen MR) is 86.7 cm³/mol. The van der Waals surface area contributed by atoms with Gasteiger partial charge in [-0.1, -0.05) is 23.7 Å². The van der Waals surface area contributed by atoms with Crippen LogP contribution in [0.3, 0.4) is 0 Å². The molecule has 0 aromatic heterocycles. The SMILES string of the molecule is CN(C)S(=O)(=O)N(C)CCOC(=O)C=Cc1ccc(Cl)cc1. The van der Waals surface area contributed by atoms with E-state index in [1.165, 1.54) is 27.2 Å². The monoisotopic (exact) mass is 346 g/mol. The summed E-state index contributed by atoms with van der Waals surface area (Å²) in [4.78, 5) is 11.5. The van der Waals surface area contributed by atoms with E-state index in [0.29, 0.717) is 5.02 Å². The predicted octanol–water partition coefficient (Wildman–Crippen LogP) is 1.63. The molecule has 0 aliphatic carbocycles.